The van der Waals surface area contributed by atoms with Gasteiger partial charge in [0.1, 0.15) is 6.10 Å². The van der Waals surface area contributed by atoms with Crippen molar-refractivity contribution < 1.29 is 29.2 Å². The summed E-state index contributed by atoms with van der Waals surface area (Å²) in [6.07, 6.45) is 10.1. The topological polar surface area (TPSA) is 85.2 Å². The number of carbonyl (C=O) groups is 1. The average molecular weight is 601 g/mol. The molecule has 1 unspecified atom stereocenters. The minimum Gasteiger partial charge on any atom is -0.469 e. The molecule has 43 heavy (non-hydrogen) atoms. The smallest absolute Gasteiger partial charge is 0.312 e. The average Bonchev–Trinajstić information content (AvgIpc) is 2.95. The first-order valence-corrected chi connectivity index (χ1v) is 17.5. The molecule has 5 fully saturated rings. The normalized spacial score (nSPS) is 54.3. The number of esters is 1. The number of methoxy groups -OCH3 is 1. The Morgan fingerprint density at radius 3 is 2.33 bits per heavy atom. The van der Waals surface area contributed by atoms with Crippen LogP contribution in [0.5, 0.6) is 0 Å². The molecule has 0 bridgehead atoms. The van der Waals surface area contributed by atoms with Crippen molar-refractivity contribution in [3.05, 3.63) is 11.6 Å². The number of aliphatic hydroxyl groups excluding tert-OH is 2. The number of ether oxygens (including phenoxy) is 3. The summed E-state index contributed by atoms with van der Waals surface area (Å²) in [6, 6.07) is 0. The Morgan fingerprint density at radius 2 is 1.65 bits per heavy atom. The maximum absolute atomic E-state index is 13.6. The summed E-state index contributed by atoms with van der Waals surface area (Å²) in [7, 11) is 1.59. The maximum Gasteiger partial charge on any atom is 0.312 e. The van der Waals surface area contributed by atoms with Crippen molar-refractivity contribution in [3.63, 3.8) is 0 Å². The van der Waals surface area contributed by atoms with E-state index in [4.69, 9.17) is 14.2 Å². The Hall–Kier alpha value is -0.950. The van der Waals surface area contributed by atoms with Crippen molar-refractivity contribution in [2.24, 2.45) is 56.7 Å². The molecule has 0 aromatic heterocycles. The molecule has 1 heterocycles. The first kappa shape index (κ1) is 32.0. The van der Waals surface area contributed by atoms with Crippen LogP contribution >= 0.6 is 0 Å². The summed E-state index contributed by atoms with van der Waals surface area (Å²) in [4.78, 5) is 13.6. The third-order valence-corrected chi connectivity index (χ3v) is 15.5. The molecule has 4 saturated carbocycles. The van der Waals surface area contributed by atoms with Crippen LogP contribution in [0.3, 0.4) is 0 Å². The fraction of sp³-hybridized carbons (Fsp3) is 0.919. The van der Waals surface area contributed by atoms with Crippen LogP contribution in [0.15, 0.2) is 11.6 Å². The fourth-order valence-corrected chi connectivity index (χ4v) is 12.6. The van der Waals surface area contributed by atoms with Gasteiger partial charge in [-0.3, -0.25) is 4.79 Å². The summed E-state index contributed by atoms with van der Waals surface area (Å²) in [5.41, 5.74) is 1.64. The van der Waals surface area contributed by atoms with Crippen LogP contribution in [0.4, 0.5) is 0 Å². The Morgan fingerprint density at radius 1 is 0.930 bits per heavy atom. The SMILES string of the molecule is COC(=O)[C@]12CC[C@@H](C)[C@H](C)[C@H]1C1=CC[C@@H]3[C@@]4(C)CC[C@H](O[C@H]5C[C@H](O)[C@@H](O)[C@H](C)O5)C(C)(C)C4CC[C@@]3(C)[C@]1(C)CC2. The lowest BCUT2D eigenvalue weighted by molar-refractivity contribution is -0.291. The van der Waals surface area contributed by atoms with Crippen LogP contribution in [0.1, 0.15) is 120 Å². The molecule has 2 N–H and O–H groups in total. The van der Waals surface area contributed by atoms with E-state index in [0.717, 1.165) is 44.9 Å². The Balaban J connectivity index is 1.30. The molecule has 244 valence electrons. The van der Waals surface area contributed by atoms with Crippen LogP contribution in [0.2, 0.25) is 0 Å². The van der Waals surface area contributed by atoms with Gasteiger partial charge in [0.15, 0.2) is 6.29 Å². The van der Waals surface area contributed by atoms with Gasteiger partial charge in [0.25, 0.3) is 0 Å². The van der Waals surface area contributed by atoms with Gasteiger partial charge in [0, 0.05) is 6.42 Å². The number of rotatable bonds is 3. The molecule has 6 aliphatic rings. The minimum absolute atomic E-state index is 0.0283. The van der Waals surface area contributed by atoms with E-state index in [0.29, 0.717) is 30.1 Å². The summed E-state index contributed by atoms with van der Waals surface area (Å²) in [5, 5.41) is 20.6. The quantitative estimate of drug-likeness (QED) is 0.205. The molecule has 1 saturated heterocycles. The summed E-state index contributed by atoms with van der Waals surface area (Å²) in [5.74, 6) is 2.50. The molecule has 6 heteroatoms. The highest BCUT2D eigenvalue weighted by molar-refractivity contribution is 5.78. The molecule has 6 nitrogen and oxygen atoms in total. The van der Waals surface area contributed by atoms with Crippen molar-refractivity contribution in [3.8, 4) is 0 Å². The zero-order valence-electron chi connectivity index (χ0n) is 28.4. The van der Waals surface area contributed by atoms with Crippen LogP contribution in [-0.4, -0.2) is 54.0 Å². The number of hydrogen-bond acceptors (Lipinski definition) is 6. The van der Waals surface area contributed by atoms with Crippen molar-refractivity contribution >= 4 is 5.97 Å². The lowest BCUT2D eigenvalue weighted by atomic mass is 9.33. The van der Waals surface area contributed by atoms with Crippen molar-refractivity contribution in [2.45, 2.75) is 150 Å². The molecule has 0 amide bonds. The Kier molecular flexibility index (Phi) is 7.84. The third-order valence-electron chi connectivity index (χ3n) is 15.5. The molecule has 1 aliphatic heterocycles. The zero-order valence-corrected chi connectivity index (χ0v) is 28.4. The number of carbonyl (C=O) groups excluding carboxylic acids is 1. The summed E-state index contributed by atoms with van der Waals surface area (Å²) >= 11 is 0. The molecule has 6 rings (SSSR count). The van der Waals surface area contributed by atoms with Gasteiger partial charge in [0.2, 0.25) is 0 Å². The molecule has 0 aromatic rings. The highest BCUT2D eigenvalue weighted by Crippen LogP contribution is 2.76. The van der Waals surface area contributed by atoms with Gasteiger partial charge in [-0.2, -0.15) is 0 Å². The molecule has 0 spiro atoms. The van der Waals surface area contributed by atoms with Crippen LogP contribution < -0.4 is 0 Å². The number of aliphatic hydroxyl groups is 2. The van der Waals surface area contributed by atoms with E-state index in [2.05, 4.69) is 54.5 Å². The summed E-state index contributed by atoms with van der Waals surface area (Å²) in [6.45, 7) is 19.2. The largest absolute Gasteiger partial charge is 0.469 e. The highest BCUT2D eigenvalue weighted by atomic mass is 16.7. The van der Waals surface area contributed by atoms with E-state index >= 15 is 0 Å². The van der Waals surface area contributed by atoms with E-state index in [-0.39, 0.29) is 45.1 Å². The predicted molar refractivity (Wildman–Crippen MR) is 167 cm³/mol. The lowest BCUT2D eigenvalue weighted by Crippen LogP contribution is -2.65. The molecular formula is C37H60O6. The van der Waals surface area contributed by atoms with Gasteiger partial charge >= 0.3 is 5.97 Å². The lowest BCUT2D eigenvalue weighted by Gasteiger charge is -2.71. The number of fused-ring (bicyclic) bond motifs is 7. The second-order valence-corrected chi connectivity index (χ2v) is 17.3. The van der Waals surface area contributed by atoms with E-state index in [1.165, 1.54) is 12.8 Å². The second-order valence-electron chi connectivity index (χ2n) is 17.3. The predicted octanol–water partition coefficient (Wildman–Crippen LogP) is 7.06. The van der Waals surface area contributed by atoms with Crippen molar-refractivity contribution in [2.75, 3.05) is 7.11 Å². The van der Waals surface area contributed by atoms with Crippen LogP contribution in [0.25, 0.3) is 0 Å². The highest BCUT2D eigenvalue weighted by Gasteiger charge is 2.69. The second kappa shape index (κ2) is 10.5. The van der Waals surface area contributed by atoms with Crippen LogP contribution in [-0.2, 0) is 19.0 Å². The van der Waals surface area contributed by atoms with Crippen molar-refractivity contribution in [1.82, 2.24) is 0 Å². The van der Waals surface area contributed by atoms with E-state index in [1.807, 2.05) is 6.92 Å². The van der Waals surface area contributed by atoms with Gasteiger partial charge in [-0.05, 0) is 116 Å². The van der Waals surface area contributed by atoms with Gasteiger partial charge in [0.05, 0.1) is 30.8 Å². The van der Waals surface area contributed by atoms with Crippen molar-refractivity contribution in [1.29, 1.82) is 0 Å². The Labute approximate surface area is 260 Å². The zero-order chi connectivity index (χ0) is 31.3. The first-order valence-electron chi connectivity index (χ1n) is 17.5. The third kappa shape index (κ3) is 4.34. The molecule has 0 aromatic carbocycles. The molecular weight excluding hydrogens is 540 g/mol. The number of allylic oxidation sites excluding steroid dienone is 2. The fourth-order valence-electron chi connectivity index (χ4n) is 12.6. The Bertz CT molecular complexity index is 1120. The van der Waals surface area contributed by atoms with Crippen LogP contribution in [0, 0.1) is 56.7 Å². The molecule has 0 radical (unpaired) electrons. The molecule has 5 aliphatic carbocycles. The minimum atomic E-state index is -0.860. The molecule has 14 atom stereocenters. The van der Waals surface area contributed by atoms with Gasteiger partial charge < -0.3 is 24.4 Å². The van der Waals surface area contributed by atoms with E-state index in [1.54, 1.807) is 12.7 Å². The maximum atomic E-state index is 13.6. The van der Waals surface area contributed by atoms with E-state index < -0.39 is 24.6 Å². The van der Waals surface area contributed by atoms with Gasteiger partial charge in [-0.1, -0.05) is 60.1 Å². The summed E-state index contributed by atoms with van der Waals surface area (Å²) < 4.78 is 18.2. The standard InChI is InChI=1S/C37H60O6/c1-21-12-17-37(32(40)41-9)19-18-35(7)24(30(37)22(21)2)10-11-27-34(6)15-14-28(33(4,5)26(34)13-16-36(27,35)8)43-29-20-25(38)31(39)23(3)42-29/h10,21-23,25-31,38-39H,11-20H2,1-9H3/t21-,22+,23+,25+,26?,27-,28+,29+,30+,31+,34+,35-,36-,37+/m1/s1. The van der Waals surface area contributed by atoms with Gasteiger partial charge in [-0.25, -0.2) is 0 Å². The van der Waals surface area contributed by atoms with E-state index in [9.17, 15) is 15.0 Å². The van der Waals surface area contributed by atoms with Gasteiger partial charge in [-0.15, -0.1) is 0 Å². The first-order chi connectivity index (χ1) is 20.1. The monoisotopic (exact) mass is 600 g/mol. The number of hydrogen-bond donors (Lipinski definition) is 2.